The van der Waals surface area contributed by atoms with Crippen molar-refractivity contribution in [2.75, 3.05) is 4.90 Å². The summed E-state index contributed by atoms with van der Waals surface area (Å²) in [5, 5.41) is 2.83. The summed E-state index contributed by atoms with van der Waals surface area (Å²) < 4.78 is 18.9. The molecule has 0 saturated heterocycles. The van der Waals surface area contributed by atoms with Crippen LogP contribution in [0.1, 0.15) is 43.2 Å². The number of fused-ring (bicyclic) bond motifs is 2. The van der Waals surface area contributed by atoms with Crippen LogP contribution < -0.4 is 10.2 Å². The zero-order chi connectivity index (χ0) is 24.5. The number of rotatable bonds is 5. The van der Waals surface area contributed by atoms with Gasteiger partial charge in [0.05, 0.1) is 51.2 Å². The monoisotopic (exact) mass is 484 g/mol. The van der Waals surface area contributed by atoms with Crippen LogP contribution in [-0.2, 0) is 23.9 Å². The zero-order valence-electron chi connectivity index (χ0n) is 19.4. The SMILES string of the molecule is Cc1ccc(C)c(CN2C(=O)c3ccccc3[S@](=O)c3ccc(C(=O)NCc4ccco4)cc32)c1. The molecule has 0 bridgehead atoms. The van der Waals surface area contributed by atoms with Crippen molar-refractivity contribution in [2.24, 2.45) is 0 Å². The summed E-state index contributed by atoms with van der Waals surface area (Å²) in [6, 6.07) is 21.6. The zero-order valence-corrected chi connectivity index (χ0v) is 20.2. The number of furan rings is 1. The Hall–Kier alpha value is -3.97. The number of anilines is 1. The van der Waals surface area contributed by atoms with E-state index in [2.05, 4.69) is 11.4 Å². The van der Waals surface area contributed by atoms with Crippen molar-refractivity contribution in [1.82, 2.24) is 5.32 Å². The second kappa shape index (κ2) is 9.35. The first-order valence-corrected chi connectivity index (χ1v) is 12.4. The molecule has 4 aromatic rings. The highest BCUT2D eigenvalue weighted by atomic mass is 32.2. The van der Waals surface area contributed by atoms with Crippen LogP contribution in [0.2, 0.25) is 0 Å². The van der Waals surface area contributed by atoms with Gasteiger partial charge in [0.25, 0.3) is 11.8 Å². The fourth-order valence-corrected chi connectivity index (χ4v) is 5.53. The number of carbonyl (C=O) groups is 2. The smallest absolute Gasteiger partial charge is 0.259 e. The largest absolute Gasteiger partial charge is 0.467 e. The maximum Gasteiger partial charge on any atom is 0.259 e. The molecular weight excluding hydrogens is 460 g/mol. The highest BCUT2D eigenvalue weighted by Gasteiger charge is 2.31. The summed E-state index contributed by atoms with van der Waals surface area (Å²) in [5.41, 5.74) is 4.37. The van der Waals surface area contributed by atoms with E-state index in [9.17, 15) is 13.8 Å². The van der Waals surface area contributed by atoms with Crippen LogP contribution in [0.3, 0.4) is 0 Å². The Morgan fingerprint density at radius 2 is 1.80 bits per heavy atom. The Kier molecular flexibility index (Phi) is 6.09. The van der Waals surface area contributed by atoms with Gasteiger partial charge in [0.15, 0.2) is 0 Å². The molecule has 7 heteroatoms. The van der Waals surface area contributed by atoms with E-state index in [-0.39, 0.29) is 18.4 Å². The van der Waals surface area contributed by atoms with Crippen molar-refractivity contribution in [1.29, 1.82) is 0 Å². The summed E-state index contributed by atoms with van der Waals surface area (Å²) in [5.74, 6) is 0.0778. The predicted molar refractivity (Wildman–Crippen MR) is 134 cm³/mol. The first-order valence-electron chi connectivity index (χ1n) is 11.3. The number of nitrogens with one attached hydrogen (secondary N) is 1. The molecular formula is C28H24N2O4S. The molecule has 2 heterocycles. The van der Waals surface area contributed by atoms with Crippen molar-refractivity contribution >= 4 is 28.3 Å². The van der Waals surface area contributed by atoms with Gasteiger partial charge in [0, 0.05) is 5.56 Å². The summed E-state index contributed by atoms with van der Waals surface area (Å²) in [6.07, 6.45) is 1.55. The molecule has 176 valence electrons. The number of benzene rings is 3. The van der Waals surface area contributed by atoms with Crippen molar-refractivity contribution in [3.05, 3.63) is 113 Å². The molecule has 0 spiro atoms. The van der Waals surface area contributed by atoms with E-state index >= 15 is 0 Å². The molecule has 0 unspecified atom stereocenters. The number of hydrogen-bond donors (Lipinski definition) is 1. The lowest BCUT2D eigenvalue weighted by Crippen LogP contribution is -2.31. The van der Waals surface area contributed by atoms with Gasteiger partial charge in [0.2, 0.25) is 0 Å². The van der Waals surface area contributed by atoms with Gasteiger partial charge >= 0.3 is 0 Å². The molecule has 6 nitrogen and oxygen atoms in total. The molecule has 1 aromatic heterocycles. The number of aryl methyl sites for hydroxylation is 2. The molecule has 35 heavy (non-hydrogen) atoms. The summed E-state index contributed by atoms with van der Waals surface area (Å²) in [7, 11) is -1.58. The minimum Gasteiger partial charge on any atom is -0.467 e. The highest BCUT2D eigenvalue weighted by molar-refractivity contribution is 7.85. The predicted octanol–water partition coefficient (Wildman–Crippen LogP) is 5.15. The molecule has 2 amide bonds. The molecule has 0 radical (unpaired) electrons. The quantitative estimate of drug-likeness (QED) is 0.425. The Morgan fingerprint density at radius 3 is 2.60 bits per heavy atom. The van der Waals surface area contributed by atoms with Gasteiger partial charge in [-0.05, 0) is 67.4 Å². The third-order valence-corrected chi connectivity index (χ3v) is 7.61. The van der Waals surface area contributed by atoms with Crippen molar-refractivity contribution < 1.29 is 18.2 Å². The van der Waals surface area contributed by atoms with Crippen LogP contribution in [-0.4, -0.2) is 16.0 Å². The van der Waals surface area contributed by atoms with Gasteiger partial charge < -0.3 is 14.6 Å². The molecule has 0 aliphatic carbocycles. The van der Waals surface area contributed by atoms with Gasteiger partial charge in [-0.2, -0.15) is 0 Å². The number of hydrogen-bond acceptors (Lipinski definition) is 4. The Bertz CT molecular complexity index is 1460. The van der Waals surface area contributed by atoms with E-state index in [4.69, 9.17) is 4.42 Å². The van der Waals surface area contributed by atoms with Crippen LogP contribution in [0.4, 0.5) is 5.69 Å². The molecule has 0 fully saturated rings. The van der Waals surface area contributed by atoms with E-state index in [0.29, 0.717) is 38.9 Å². The first-order chi connectivity index (χ1) is 16.9. The van der Waals surface area contributed by atoms with Crippen LogP contribution in [0.15, 0.2) is 93.3 Å². The molecule has 1 aliphatic rings. The number of nitrogens with zero attached hydrogens (tertiary/aromatic N) is 1. The fourth-order valence-electron chi connectivity index (χ4n) is 4.19. The topological polar surface area (TPSA) is 79.6 Å². The normalized spacial score (nSPS) is 14.7. The first kappa shape index (κ1) is 22.8. The van der Waals surface area contributed by atoms with Gasteiger partial charge in [-0.1, -0.05) is 35.9 Å². The Morgan fingerprint density at radius 1 is 0.971 bits per heavy atom. The Balaban J connectivity index is 1.58. The van der Waals surface area contributed by atoms with Gasteiger partial charge in [-0.15, -0.1) is 0 Å². The maximum absolute atomic E-state index is 13.8. The average molecular weight is 485 g/mol. The van der Waals surface area contributed by atoms with Gasteiger partial charge in [-0.3, -0.25) is 9.59 Å². The van der Waals surface area contributed by atoms with Gasteiger partial charge in [0.1, 0.15) is 5.76 Å². The second-order valence-corrected chi connectivity index (χ2v) is 9.95. The summed E-state index contributed by atoms with van der Waals surface area (Å²) >= 11 is 0. The third-order valence-electron chi connectivity index (χ3n) is 6.11. The lowest BCUT2D eigenvalue weighted by molar-refractivity contribution is 0.0945. The van der Waals surface area contributed by atoms with Gasteiger partial charge in [-0.25, -0.2) is 4.21 Å². The minimum atomic E-state index is -1.58. The fraction of sp³-hybridized carbons (Fsp3) is 0.143. The lowest BCUT2D eigenvalue weighted by Gasteiger charge is -2.24. The van der Waals surface area contributed by atoms with Crippen LogP contribution in [0.5, 0.6) is 0 Å². The highest BCUT2D eigenvalue weighted by Crippen LogP contribution is 2.36. The minimum absolute atomic E-state index is 0.241. The molecule has 5 rings (SSSR count). The molecule has 1 atom stereocenters. The lowest BCUT2D eigenvalue weighted by atomic mass is 10.0. The molecule has 3 aromatic carbocycles. The number of carbonyl (C=O) groups excluding carboxylic acids is 2. The summed E-state index contributed by atoms with van der Waals surface area (Å²) in [4.78, 5) is 29.3. The van der Waals surface area contributed by atoms with Crippen molar-refractivity contribution in [2.45, 2.75) is 36.7 Å². The van der Waals surface area contributed by atoms with Crippen LogP contribution in [0.25, 0.3) is 0 Å². The molecule has 1 aliphatic heterocycles. The third kappa shape index (κ3) is 4.42. The van der Waals surface area contributed by atoms with Crippen LogP contribution >= 0.6 is 0 Å². The molecule has 1 N–H and O–H groups in total. The van der Waals surface area contributed by atoms with E-state index < -0.39 is 10.8 Å². The van der Waals surface area contributed by atoms with Crippen LogP contribution in [0, 0.1) is 13.8 Å². The Labute approximate surface area is 206 Å². The van der Waals surface area contributed by atoms with Crippen molar-refractivity contribution in [3.63, 3.8) is 0 Å². The van der Waals surface area contributed by atoms with Crippen molar-refractivity contribution in [3.8, 4) is 0 Å². The second-order valence-electron chi connectivity index (χ2n) is 8.53. The van der Waals surface area contributed by atoms with E-state index in [1.165, 1.54) is 0 Å². The van der Waals surface area contributed by atoms with E-state index in [1.54, 1.807) is 65.8 Å². The standard InChI is InChI=1S/C28H24N2O4S/c1-18-9-10-19(2)21(14-18)17-30-24-15-20(27(31)29-16-22-6-5-13-34-22)11-12-26(24)35(33)25-8-4-3-7-23(25)28(30)32/h3-15H,16-17H2,1-2H3,(H,29,31)/t35-/m0/s1. The maximum atomic E-state index is 13.8. The average Bonchev–Trinajstić information content (AvgIpc) is 3.38. The number of amides is 2. The summed E-state index contributed by atoms with van der Waals surface area (Å²) in [6.45, 7) is 4.54. The van der Waals surface area contributed by atoms with E-state index in [1.807, 2.05) is 26.0 Å². The molecule has 0 saturated carbocycles. The van der Waals surface area contributed by atoms with E-state index in [0.717, 1.165) is 16.7 Å².